The first-order valence-electron chi connectivity index (χ1n) is 6.01. The van der Waals surface area contributed by atoms with Crippen molar-refractivity contribution in [2.24, 2.45) is 0 Å². The maximum Gasteiger partial charge on any atom is 0.145 e. The second-order valence-electron chi connectivity index (χ2n) is 4.86. The fourth-order valence-corrected chi connectivity index (χ4v) is 2.27. The molecule has 0 aliphatic carbocycles. The zero-order valence-electron chi connectivity index (χ0n) is 10.6. The number of fused-ring (bicyclic) bond motifs is 1. The SMILES string of the molecule is C/C(C=O)=C\[C@@H]1CC(C)c2ccc(C)cc2O1. The molecule has 2 heteroatoms. The van der Waals surface area contributed by atoms with Gasteiger partial charge in [-0.3, -0.25) is 4.79 Å². The summed E-state index contributed by atoms with van der Waals surface area (Å²) in [5.41, 5.74) is 3.20. The molecule has 0 saturated heterocycles. The molecule has 1 heterocycles. The molecule has 2 atom stereocenters. The fourth-order valence-electron chi connectivity index (χ4n) is 2.27. The second-order valence-corrected chi connectivity index (χ2v) is 4.86. The van der Waals surface area contributed by atoms with Crippen LogP contribution in [0.2, 0.25) is 0 Å². The standard InChI is InChI=1S/C15H18O2/c1-10-4-5-14-12(3)8-13(6-11(2)9-16)17-15(14)7-10/h4-7,9,12-13H,8H2,1-3H3/b11-6+/t12?,13-/m1/s1. The predicted molar refractivity (Wildman–Crippen MR) is 68.4 cm³/mol. The summed E-state index contributed by atoms with van der Waals surface area (Å²) in [5, 5.41) is 0. The fraction of sp³-hybridized carbons (Fsp3) is 0.400. The topological polar surface area (TPSA) is 26.3 Å². The van der Waals surface area contributed by atoms with Gasteiger partial charge in [-0.05, 0) is 55.0 Å². The molecule has 1 aliphatic rings. The predicted octanol–water partition coefficient (Wildman–Crippen LogP) is 3.39. The third kappa shape index (κ3) is 2.57. The third-order valence-corrected chi connectivity index (χ3v) is 3.20. The molecule has 2 nitrogen and oxygen atoms in total. The molecule has 0 amide bonds. The van der Waals surface area contributed by atoms with Crippen LogP contribution in [-0.4, -0.2) is 12.4 Å². The minimum atomic E-state index is 0.0181. The highest BCUT2D eigenvalue weighted by molar-refractivity contribution is 5.72. The van der Waals surface area contributed by atoms with E-state index in [9.17, 15) is 4.79 Å². The lowest BCUT2D eigenvalue weighted by molar-refractivity contribution is -0.104. The third-order valence-electron chi connectivity index (χ3n) is 3.20. The van der Waals surface area contributed by atoms with E-state index in [0.29, 0.717) is 5.92 Å². The van der Waals surface area contributed by atoms with Gasteiger partial charge in [-0.2, -0.15) is 0 Å². The van der Waals surface area contributed by atoms with Gasteiger partial charge in [0.05, 0.1) is 0 Å². The lowest BCUT2D eigenvalue weighted by atomic mass is 9.90. The van der Waals surface area contributed by atoms with E-state index >= 15 is 0 Å². The van der Waals surface area contributed by atoms with Crippen molar-refractivity contribution in [2.45, 2.75) is 39.2 Å². The highest BCUT2D eigenvalue weighted by Gasteiger charge is 2.24. The summed E-state index contributed by atoms with van der Waals surface area (Å²) in [6, 6.07) is 6.33. The number of carbonyl (C=O) groups is 1. The van der Waals surface area contributed by atoms with Crippen molar-refractivity contribution in [3.63, 3.8) is 0 Å². The monoisotopic (exact) mass is 230 g/mol. The van der Waals surface area contributed by atoms with E-state index < -0.39 is 0 Å². The smallest absolute Gasteiger partial charge is 0.145 e. The lowest BCUT2D eigenvalue weighted by Gasteiger charge is -2.29. The van der Waals surface area contributed by atoms with Crippen LogP contribution in [0.15, 0.2) is 29.8 Å². The first kappa shape index (κ1) is 11.9. The van der Waals surface area contributed by atoms with Gasteiger partial charge < -0.3 is 4.74 Å². The Morgan fingerprint density at radius 1 is 1.47 bits per heavy atom. The lowest BCUT2D eigenvalue weighted by Crippen LogP contribution is -2.23. The molecule has 1 aromatic carbocycles. The van der Waals surface area contributed by atoms with Gasteiger partial charge in [-0.1, -0.05) is 19.1 Å². The zero-order valence-corrected chi connectivity index (χ0v) is 10.6. The van der Waals surface area contributed by atoms with Crippen LogP contribution < -0.4 is 4.74 Å². The highest BCUT2D eigenvalue weighted by atomic mass is 16.5. The van der Waals surface area contributed by atoms with Crippen LogP contribution in [0.25, 0.3) is 0 Å². The summed E-state index contributed by atoms with van der Waals surface area (Å²) in [6.45, 7) is 6.07. The number of hydrogen-bond donors (Lipinski definition) is 0. The van der Waals surface area contributed by atoms with Crippen LogP contribution in [0.5, 0.6) is 5.75 Å². The summed E-state index contributed by atoms with van der Waals surface area (Å²) in [4.78, 5) is 10.6. The maximum absolute atomic E-state index is 10.6. The van der Waals surface area contributed by atoms with Gasteiger partial charge in [0.1, 0.15) is 18.1 Å². The Balaban J connectivity index is 2.28. The molecule has 2 rings (SSSR count). The van der Waals surface area contributed by atoms with Gasteiger partial charge in [0.2, 0.25) is 0 Å². The summed E-state index contributed by atoms with van der Waals surface area (Å²) in [7, 11) is 0. The van der Waals surface area contributed by atoms with Crippen LogP contribution in [0.1, 0.15) is 37.3 Å². The van der Waals surface area contributed by atoms with Crippen molar-refractivity contribution in [1.29, 1.82) is 0 Å². The first-order valence-corrected chi connectivity index (χ1v) is 6.01. The quantitative estimate of drug-likeness (QED) is 0.575. The van der Waals surface area contributed by atoms with Crippen molar-refractivity contribution in [3.8, 4) is 5.75 Å². The molecule has 0 N–H and O–H groups in total. The van der Waals surface area contributed by atoms with Crippen LogP contribution in [0.4, 0.5) is 0 Å². The summed E-state index contributed by atoms with van der Waals surface area (Å²) in [5.74, 6) is 1.43. The van der Waals surface area contributed by atoms with Crippen molar-refractivity contribution in [2.75, 3.05) is 0 Å². The number of hydrogen-bond acceptors (Lipinski definition) is 2. The van der Waals surface area contributed by atoms with Gasteiger partial charge in [-0.15, -0.1) is 0 Å². The molecule has 0 spiro atoms. The molecule has 1 aromatic rings. The molecule has 0 radical (unpaired) electrons. The minimum absolute atomic E-state index is 0.0181. The Morgan fingerprint density at radius 2 is 2.24 bits per heavy atom. The Bertz CT molecular complexity index is 460. The van der Waals surface area contributed by atoms with Gasteiger partial charge in [-0.25, -0.2) is 0 Å². The van der Waals surface area contributed by atoms with Crippen molar-refractivity contribution >= 4 is 6.29 Å². The van der Waals surface area contributed by atoms with E-state index in [-0.39, 0.29) is 6.10 Å². The first-order chi connectivity index (χ1) is 8.10. The van der Waals surface area contributed by atoms with E-state index in [0.717, 1.165) is 24.0 Å². The van der Waals surface area contributed by atoms with E-state index in [1.807, 2.05) is 13.0 Å². The number of allylic oxidation sites excluding steroid dienone is 1. The molecule has 0 saturated carbocycles. The van der Waals surface area contributed by atoms with Crippen molar-refractivity contribution in [1.82, 2.24) is 0 Å². The van der Waals surface area contributed by atoms with Crippen LogP contribution in [-0.2, 0) is 4.79 Å². The maximum atomic E-state index is 10.6. The van der Waals surface area contributed by atoms with Crippen LogP contribution in [0.3, 0.4) is 0 Å². The van der Waals surface area contributed by atoms with Crippen LogP contribution >= 0.6 is 0 Å². The van der Waals surface area contributed by atoms with E-state index in [4.69, 9.17) is 4.74 Å². The van der Waals surface area contributed by atoms with Gasteiger partial charge >= 0.3 is 0 Å². The molecule has 1 unspecified atom stereocenters. The molecule has 17 heavy (non-hydrogen) atoms. The summed E-state index contributed by atoms with van der Waals surface area (Å²) >= 11 is 0. The molecule has 0 aromatic heterocycles. The summed E-state index contributed by atoms with van der Waals surface area (Å²) < 4.78 is 5.92. The van der Waals surface area contributed by atoms with Gasteiger partial charge in [0.25, 0.3) is 0 Å². The Kier molecular flexibility index (Phi) is 3.32. The average Bonchev–Trinajstić information content (AvgIpc) is 2.28. The zero-order chi connectivity index (χ0) is 12.4. The number of aldehydes is 1. The van der Waals surface area contributed by atoms with Crippen molar-refractivity contribution in [3.05, 3.63) is 41.0 Å². The molecule has 90 valence electrons. The molecule has 1 aliphatic heterocycles. The van der Waals surface area contributed by atoms with E-state index in [1.165, 1.54) is 11.1 Å². The molecule has 0 fully saturated rings. The van der Waals surface area contributed by atoms with Crippen LogP contribution in [0, 0.1) is 6.92 Å². The second kappa shape index (κ2) is 4.74. The minimum Gasteiger partial charge on any atom is -0.486 e. The number of benzene rings is 1. The number of ether oxygens (including phenoxy) is 1. The van der Waals surface area contributed by atoms with Gasteiger partial charge in [0.15, 0.2) is 0 Å². The molecular formula is C15H18O2. The average molecular weight is 230 g/mol. The number of carbonyl (C=O) groups excluding carboxylic acids is 1. The van der Waals surface area contributed by atoms with Crippen molar-refractivity contribution < 1.29 is 9.53 Å². The van der Waals surface area contributed by atoms with E-state index in [2.05, 4.69) is 32.0 Å². The normalized spacial score (nSPS) is 23.8. The highest BCUT2D eigenvalue weighted by Crippen LogP contribution is 2.36. The Hall–Kier alpha value is -1.57. The largest absolute Gasteiger partial charge is 0.486 e. The number of aryl methyl sites for hydroxylation is 1. The Labute approximate surface area is 102 Å². The van der Waals surface area contributed by atoms with Gasteiger partial charge in [0, 0.05) is 0 Å². The number of rotatable bonds is 2. The Morgan fingerprint density at radius 3 is 2.94 bits per heavy atom. The molecule has 0 bridgehead atoms. The summed E-state index contributed by atoms with van der Waals surface area (Å²) in [6.07, 6.45) is 3.74. The van der Waals surface area contributed by atoms with E-state index in [1.54, 1.807) is 0 Å². The molecular weight excluding hydrogens is 212 g/mol.